The lowest BCUT2D eigenvalue weighted by Crippen LogP contribution is -2.40. The molecule has 1 aromatic heterocycles. The van der Waals surface area contributed by atoms with Crippen molar-refractivity contribution < 1.29 is 0 Å². The van der Waals surface area contributed by atoms with Gasteiger partial charge in [0.1, 0.15) is 0 Å². The topological polar surface area (TPSA) is 34.9 Å². The number of aromatic nitrogens is 2. The van der Waals surface area contributed by atoms with Gasteiger partial charge in [-0.05, 0) is 37.3 Å². The van der Waals surface area contributed by atoms with Crippen LogP contribution in [0.15, 0.2) is 71.1 Å². The van der Waals surface area contributed by atoms with Crippen molar-refractivity contribution in [2.24, 2.45) is 0 Å². The van der Waals surface area contributed by atoms with Crippen molar-refractivity contribution >= 4 is 11.8 Å². The van der Waals surface area contributed by atoms with Crippen LogP contribution in [0.1, 0.15) is 47.9 Å². The minimum atomic E-state index is -0.0591. The molecular formula is C27H28N2OS. The van der Waals surface area contributed by atoms with Gasteiger partial charge < -0.3 is 0 Å². The Hall–Kier alpha value is -2.59. The van der Waals surface area contributed by atoms with E-state index < -0.39 is 0 Å². The Morgan fingerprint density at radius 3 is 2.74 bits per heavy atom. The first-order valence-electron chi connectivity index (χ1n) is 11.1. The normalized spacial score (nSPS) is 16.2. The fourth-order valence-electron chi connectivity index (χ4n) is 5.40. The first-order chi connectivity index (χ1) is 15.1. The number of nitrogens with zero attached hydrogens (tertiary/aromatic N) is 2. The van der Waals surface area contributed by atoms with Crippen molar-refractivity contribution in [1.29, 1.82) is 0 Å². The summed E-state index contributed by atoms with van der Waals surface area (Å²) < 4.78 is 1.85. The lowest BCUT2D eigenvalue weighted by molar-refractivity contribution is 0.418. The number of thioether (sulfide) groups is 1. The quantitative estimate of drug-likeness (QED) is 0.281. The summed E-state index contributed by atoms with van der Waals surface area (Å²) in [7, 11) is 0. The lowest BCUT2D eigenvalue weighted by atomic mass is 9.68. The summed E-state index contributed by atoms with van der Waals surface area (Å²) in [6.45, 7) is 6.51. The van der Waals surface area contributed by atoms with Crippen LogP contribution in [-0.2, 0) is 24.1 Å². The standard InChI is InChI=1S/C27H28N2OS/c1-3-15-29-25(30)23-24(28-26(29)31-18-20-10-8-9-19(2)16-20)22-12-5-4-11-21(22)17-27(23)13-6-7-14-27/h3-5,8-12,16H,1,6-7,13-15,17-18H2,2H3. The van der Waals surface area contributed by atoms with Gasteiger partial charge in [-0.15, -0.1) is 6.58 Å². The van der Waals surface area contributed by atoms with E-state index in [-0.39, 0.29) is 11.0 Å². The number of aryl methyl sites for hydroxylation is 1. The molecule has 4 heteroatoms. The molecule has 0 atom stereocenters. The summed E-state index contributed by atoms with van der Waals surface area (Å²) in [6, 6.07) is 17.1. The number of benzene rings is 2. The average Bonchev–Trinajstić information content (AvgIpc) is 3.22. The van der Waals surface area contributed by atoms with E-state index in [0.717, 1.165) is 47.0 Å². The van der Waals surface area contributed by atoms with E-state index in [2.05, 4.69) is 62.0 Å². The van der Waals surface area contributed by atoms with Gasteiger partial charge in [0, 0.05) is 23.3 Å². The van der Waals surface area contributed by atoms with Gasteiger partial charge >= 0.3 is 0 Å². The Kier molecular flexibility index (Phi) is 5.35. The molecule has 5 rings (SSSR count). The van der Waals surface area contributed by atoms with Crippen LogP contribution in [-0.4, -0.2) is 9.55 Å². The van der Waals surface area contributed by atoms with E-state index in [4.69, 9.17) is 4.98 Å². The molecule has 0 bridgehead atoms. The predicted molar refractivity (Wildman–Crippen MR) is 129 cm³/mol. The van der Waals surface area contributed by atoms with Crippen LogP contribution >= 0.6 is 11.8 Å². The van der Waals surface area contributed by atoms with Gasteiger partial charge in [0.2, 0.25) is 0 Å². The third-order valence-electron chi connectivity index (χ3n) is 6.79. The summed E-state index contributed by atoms with van der Waals surface area (Å²) in [6.07, 6.45) is 7.30. The van der Waals surface area contributed by atoms with E-state index in [1.54, 1.807) is 11.8 Å². The molecule has 0 radical (unpaired) electrons. The zero-order valence-corrected chi connectivity index (χ0v) is 18.9. The van der Waals surface area contributed by atoms with Crippen LogP contribution < -0.4 is 5.56 Å². The fraction of sp³-hybridized carbons (Fsp3) is 0.333. The van der Waals surface area contributed by atoms with Crippen molar-refractivity contribution in [3.63, 3.8) is 0 Å². The Balaban J connectivity index is 1.66. The number of allylic oxidation sites excluding steroid dienone is 1. The first-order valence-corrected chi connectivity index (χ1v) is 12.1. The molecular weight excluding hydrogens is 400 g/mol. The third-order valence-corrected chi connectivity index (χ3v) is 7.84. The molecule has 0 N–H and O–H groups in total. The Bertz CT molecular complexity index is 1200. The molecule has 1 fully saturated rings. The summed E-state index contributed by atoms with van der Waals surface area (Å²) in [5.41, 5.74) is 6.90. The minimum absolute atomic E-state index is 0.0591. The maximum absolute atomic E-state index is 13.9. The lowest BCUT2D eigenvalue weighted by Gasteiger charge is -2.36. The second-order valence-corrected chi connectivity index (χ2v) is 9.86. The van der Waals surface area contributed by atoms with Gasteiger partial charge in [-0.1, -0.05) is 84.8 Å². The molecule has 1 spiro atoms. The van der Waals surface area contributed by atoms with Gasteiger partial charge in [0.15, 0.2) is 5.16 Å². The molecule has 1 saturated carbocycles. The van der Waals surface area contributed by atoms with Crippen molar-refractivity contribution in [2.45, 2.75) is 61.9 Å². The van der Waals surface area contributed by atoms with E-state index in [0.29, 0.717) is 6.54 Å². The molecule has 3 nitrogen and oxygen atoms in total. The third kappa shape index (κ3) is 3.57. The molecule has 0 amide bonds. The smallest absolute Gasteiger partial charge is 0.258 e. The first kappa shape index (κ1) is 20.3. The fourth-order valence-corrected chi connectivity index (χ4v) is 6.34. The zero-order valence-electron chi connectivity index (χ0n) is 18.1. The molecule has 0 saturated heterocycles. The Morgan fingerprint density at radius 1 is 1.16 bits per heavy atom. The Labute approximate surface area is 188 Å². The van der Waals surface area contributed by atoms with E-state index >= 15 is 0 Å². The molecule has 0 unspecified atom stereocenters. The largest absolute Gasteiger partial charge is 0.283 e. The second-order valence-electron chi connectivity index (χ2n) is 8.92. The van der Waals surface area contributed by atoms with E-state index in [1.165, 1.54) is 29.5 Å². The minimum Gasteiger partial charge on any atom is -0.283 e. The van der Waals surface area contributed by atoms with Gasteiger partial charge in [0.05, 0.1) is 11.3 Å². The summed E-state index contributed by atoms with van der Waals surface area (Å²) in [5, 5.41) is 0.787. The molecule has 1 heterocycles. The highest BCUT2D eigenvalue weighted by Crippen LogP contribution is 2.50. The van der Waals surface area contributed by atoms with Gasteiger partial charge in [-0.2, -0.15) is 0 Å². The summed E-state index contributed by atoms with van der Waals surface area (Å²) >= 11 is 1.65. The maximum Gasteiger partial charge on any atom is 0.258 e. The highest BCUT2D eigenvalue weighted by molar-refractivity contribution is 7.98. The van der Waals surface area contributed by atoms with Gasteiger partial charge in [0.25, 0.3) is 5.56 Å². The number of fused-ring (bicyclic) bond motifs is 4. The Morgan fingerprint density at radius 2 is 1.97 bits per heavy atom. The molecule has 3 aromatic rings. The van der Waals surface area contributed by atoms with Crippen LogP contribution in [0.4, 0.5) is 0 Å². The number of hydrogen-bond donors (Lipinski definition) is 0. The highest BCUT2D eigenvalue weighted by Gasteiger charge is 2.44. The van der Waals surface area contributed by atoms with E-state index in [9.17, 15) is 4.79 Å². The summed E-state index contributed by atoms with van der Waals surface area (Å²) in [5.74, 6) is 0.789. The maximum atomic E-state index is 13.9. The highest BCUT2D eigenvalue weighted by atomic mass is 32.2. The average molecular weight is 429 g/mol. The molecule has 31 heavy (non-hydrogen) atoms. The monoisotopic (exact) mass is 428 g/mol. The molecule has 2 aliphatic rings. The number of hydrogen-bond acceptors (Lipinski definition) is 3. The van der Waals surface area contributed by atoms with Gasteiger partial charge in [-0.25, -0.2) is 4.98 Å². The van der Waals surface area contributed by atoms with Crippen molar-refractivity contribution in [3.8, 4) is 11.3 Å². The molecule has 158 valence electrons. The zero-order chi connectivity index (χ0) is 21.4. The van der Waals surface area contributed by atoms with Crippen LogP contribution in [0, 0.1) is 6.92 Å². The molecule has 0 aliphatic heterocycles. The van der Waals surface area contributed by atoms with Crippen LogP contribution in [0.25, 0.3) is 11.3 Å². The summed E-state index contributed by atoms with van der Waals surface area (Å²) in [4.78, 5) is 19.1. The molecule has 2 aliphatic carbocycles. The molecule has 2 aromatic carbocycles. The van der Waals surface area contributed by atoms with Gasteiger partial charge in [-0.3, -0.25) is 9.36 Å². The van der Waals surface area contributed by atoms with Crippen molar-refractivity contribution in [3.05, 3.63) is 93.8 Å². The van der Waals surface area contributed by atoms with Crippen LogP contribution in [0.3, 0.4) is 0 Å². The predicted octanol–water partition coefficient (Wildman–Crippen LogP) is 6.06. The second kappa shape index (κ2) is 8.16. The van der Waals surface area contributed by atoms with Crippen LogP contribution in [0.5, 0.6) is 0 Å². The van der Waals surface area contributed by atoms with E-state index in [1.807, 2.05) is 10.6 Å². The van der Waals surface area contributed by atoms with Crippen LogP contribution in [0.2, 0.25) is 0 Å². The van der Waals surface area contributed by atoms with Crippen molar-refractivity contribution in [2.75, 3.05) is 0 Å². The van der Waals surface area contributed by atoms with Crippen molar-refractivity contribution in [1.82, 2.24) is 9.55 Å². The SMILES string of the molecule is C=CCn1c(SCc2cccc(C)c2)nc2c(c1=O)C1(CCCC1)Cc1ccccc1-2. The number of rotatable bonds is 5.